The summed E-state index contributed by atoms with van der Waals surface area (Å²) >= 11 is -0.916. The van der Waals surface area contributed by atoms with Gasteiger partial charge in [-0.15, -0.1) is 11.3 Å². The zero-order valence-corrected chi connectivity index (χ0v) is 5.87. The van der Waals surface area contributed by atoms with E-state index in [0.717, 1.165) is 0 Å². The summed E-state index contributed by atoms with van der Waals surface area (Å²) in [4.78, 5) is 3.67. The second kappa shape index (κ2) is 2.90. The molecule has 0 saturated heterocycles. The van der Waals surface area contributed by atoms with Crippen LogP contribution < -0.4 is 4.72 Å². The number of nitrogens with one attached hydrogen (secondary N) is 1. The fourth-order valence-corrected chi connectivity index (χ4v) is 1.19. The van der Waals surface area contributed by atoms with E-state index in [0.29, 0.717) is 5.82 Å². The smallest absolute Gasteiger partial charge is 0.147 e. The molecule has 0 aromatic carbocycles. The fraction of sp³-hybridized carbons (Fsp3) is 0. The van der Waals surface area contributed by atoms with E-state index < -0.39 is 11.3 Å². The average Bonchev–Trinajstić information content (AvgIpc) is 2.15. The summed E-state index contributed by atoms with van der Waals surface area (Å²) in [6.07, 6.45) is 0. The number of anilines is 1. The molecule has 1 rings (SSSR count). The Kier molecular flexibility index (Phi) is 2.15. The number of nitrogens with zero attached hydrogens (tertiary/aromatic N) is 1. The minimum absolute atomic E-state index is 0.369. The van der Waals surface area contributed by atoms with Gasteiger partial charge in [0.05, 0.1) is 5.51 Å². The van der Waals surface area contributed by atoms with Crippen LogP contribution in [0.3, 0.4) is 0 Å². The lowest BCUT2D eigenvalue weighted by molar-refractivity contribution is 0.542. The second-order valence-corrected chi connectivity index (χ2v) is 2.60. The highest BCUT2D eigenvalue weighted by Gasteiger charge is 1.88. The van der Waals surface area contributed by atoms with E-state index in [2.05, 4.69) is 9.71 Å². The highest BCUT2D eigenvalue weighted by atomic mass is 32.2. The molecule has 1 N–H and O–H groups in total. The van der Waals surface area contributed by atoms with E-state index in [9.17, 15) is 8.76 Å². The van der Waals surface area contributed by atoms with Crippen LogP contribution >= 0.6 is 11.3 Å². The number of hydrogen-bond donors (Lipinski definition) is 1. The molecule has 0 saturated carbocycles. The van der Waals surface area contributed by atoms with E-state index in [4.69, 9.17) is 0 Å². The molecule has 1 unspecified atom stereocenters. The van der Waals surface area contributed by atoms with Gasteiger partial charge in [-0.2, -0.15) is 0 Å². The fourth-order valence-electron chi connectivity index (χ4n) is 0.348. The van der Waals surface area contributed by atoms with Crippen molar-refractivity contribution in [2.45, 2.75) is 0 Å². The molecule has 0 aliphatic rings. The quantitative estimate of drug-likeness (QED) is 0.640. The lowest BCUT2D eigenvalue weighted by atomic mass is 10.9. The topological polar surface area (TPSA) is 65.0 Å². The van der Waals surface area contributed by atoms with Crippen LogP contribution in [-0.4, -0.2) is 13.7 Å². The highest BCUT2D eigenvalue weighted by molar-refractivity contribution is 7.80. The van der Waals surface area contributed by atoms with Gasteiger partial charge in [-0.3, -0.25) is 8.93 Å². The van der Waals surface area contributed by atoms with Crippen LogP contribution in [0.4, 0.5) is 5.82 Å². The van der Waals surface area contributed by atoms with Gasteiger partial charge < -0.3 is 4.55 Å². The first-order chi connectivity index (χ1) is 4.29. The van der Waals surface area contributed by atoms with Gasteiger partial charge in [0, 0.05) is 16.6 Å². The minimum Gasteiger partial charge on any atom is -0.755 e. The van der Waals surface area contributed by atoms with Crippen molar-refractivity contribution in [3.63, 3.8) is 0 Å². The predicted molar refractivity (Wildman–Crippen MR) is 34.7 cm³/mol. The van der Waals surface area contributed by atoms with Crippen LogP contribution in [0.25, 0.3) is 0 Å². The highest BCUT2D eigenvalue weighted by Crippen LogP contribution is 2.05. The predicted octanol–water partition coefficient (Wildman–Crippen LogP) is 0.349. The molecule has 1 atom stereocenters. The van der Waals surface area contributed by atoms with Crippen LogP contribution in [0, 0.1) is 0 Å². The van der Waals surface area contributed by atoms with Crippen molar-refractivity contribution in [2.75, 3.05) is 4.72 Å². The molecular weight excluding hydrogens is 160 g/mol. The largest absolute Gasteiger partial charge is 0.755 e. The maximum atomic E-state index is 9.92. The van der Waals surface area contributed by atoms with Crippen LogP contribution in [0.15, 0.2) is 10.9 Å². The maximum absolute atomic E-state index is 9.92. The molecule has 1 aromatic heterocycles. The first-order valence-corrected chi connectivity index (χ1v) is 4.05. The van der Waals surface area contributed by atoms with Crippen LogP contribution in [0.5, 0.6) is 0 Å². The van der Waals surface area contributed by atoms with Gasteiger partial charge in [0.2, 0.25) is 0 Å². The van der Waals surface area contributed by atoms with Crippen molar-refractivity contribution in [1.82, 2.24) is 4.98 Å². The molecule has 50 valence electrons. The van der Waals surface area contributed by atoms with Crippen molar-refractivity contribution < 1.29 is 8.76 Å². The van der Waals surface area contributed by atoms with Gasteiger partial charge in [-0.25, -0.2) is 4.98 Å². The summed E-state index contributed by atoms with van der Waals surface area (Å²) < 4.78 is 21.9. The van der Waals surface area contributed by atoms with Crippen molar-refractivity contribution in [2.24, 2.45) is 0 Å². The summed E-state index contributed by atoms with van der Waals surface area (Å²) in [6, 6.07) is 0. The summed E-state index contributed by atoms with van der Waals surface area (Å²) in [6.45, 7) is 0. The Labute approximate surface area is 58.4 Å². The summed E-state index contributed by atoms with van der Waals surface area (Å²) in [7, 11) is 0. The summed E-state index contributed by atoms with van der Waals surface area (Å²) in [5.41, 5.74) is 1.55. The molecule has 9 heavy (non-hydrogen) atoms. The lowest BCUT2D eigenvalue weighted by Crippen LogP contribution is -2.01. The molecule has 1 aromatic rings. The third-order valence-electron chi connectivity index (χ3n) is 0.620. The number of aromatic nitrogens is 1. The molecule has 0 radical (unpaired) electrons. The first-order valence-electron chi connectivity index (χ1n) is 2.03. The molecule has 0 bridgehead atoms. The van der Waals surface area contributed by atoms with E-state index in [1.165, 1.54) is 11.3 Å². The molecule has 1 heterocycles. The van der Waals surface area contributed by atoms with E-state index in [-0.39, 0.29) is 0 Å². The van der Waals surface area contributed by atoms with Gasteiger partial charge in [-0.05, 0) is 0 Å². The zero-order valence-electron chi connectivity index (χ0n) is 4.23. The second-order valence-electron chi connectivity index (χ2n) is 1.21. The Morgan fingerprint density at radius 3 is 3.11 bits per heavy atom. The molecule has 0 aliphatic carbocycles. The monoisotopic (exact) mass is 163 g/mol. The zero-order chi connectivity index (χ0) is 6.69. The normalized spacial score (nSPS) is 13.0. The molecular formula is C3H3N2O2S2-. The Morgan fingerprint density at radius 2 is 2.67 bits per heavy atom. The molecule has 0 spiro atoms. The number of hydrogen-bond acceptors (Lipinski definition) is 4. The molecule has 0 aliphatic heterocycles. The Morgan fingerprint density at radius 1 is 1.89 bits per heavy atom. The van der Waals surface area contributed by atoms with Crippen LogP contribution in [-0.2, 0) is 11.3 Å². The van der Waals surface area contributed by atoms with Gasteiger partial charge >= 0.3 is 0 Å². The Bertz CT molecular complexity index is 198. The van der Waals surface area contributed by atoms with Gasteiger partial charge in [0.1, 0.15) is 5.82 Å². The summed E-state index contributed by atoms with van der Waals surface area (Å²) in [5.74, 6) is 0.369. The molecule has 0 amide bonds. The van der Waals surface area contributed by atoms with E-state index in [1.807, 2.05) is 0 Å². The standard InChI is InChI=1S/C3H4N2O2S2/c6-9(7)5-3-1-8-2-4-3/h1-2,5H,(H,6,7)/p-1. The minimum atomic E-state index is -2.25. The van der Waals surface area contributed by atoms with Crippen molar-refractivity contribution >= 4 is 28.4 Å². The van der Waals surface area contributed by atoms with Crippen molar-refractivity contribution in [3.05, 3.63) is 10.9 Å². The van der Waals surface area contributed by atoms with E-state index in [1.54, 1.807) is 10.9 Å². The molecule has 6 heteroatoms. The average molecular weight is 163 g/mol. The molecule has 4 nitrogen and oxygen atoms in total. The van der Waals surface area contributed by atoms with E-state index >= 15 is 0 Å². The van der Waals surface area contributed by atoms with Crippen molar-refractivity contribution in [3.8, 4) is 0 Å². The number of rotatable bonds is 2. The lowest BCUT2D eigenvalue weighted by Gasteiger charge is -2.02. The SMILES string of the molecule is O=S([O-])Nc1cscn1. The third kappa shape index (κ3) is 2.08. The summed E-state index contributed by atoms with van der Waals surface area (Å²) in [5, 5.41) is 1.61. The van der Waals surface area contributed by atoms with Crippen LogP contribution in [0.2, 0.25) is 0 Å². The van der Waals surface area contributed by atoms with Gasteiger partial charge in [-0.1, -0.05) is 0 Å². The van der Waals surface area contributed by atoms with Gasteiger partial charge in [0.25, 0.3) is 0 Å². The van der Waals surface area contributed by atoms with Crippen LogP contribution in [0.1, 0.15) is 0 Å². The Balaban J connectivity index is 2.58. The Hall–Kier alpha value is -0.460. The first kappa shape index (κ1) is 6.66. The third-order valence-corrected chi connectivity index (χ3v) is 1.58. The van der Waals surface area contributed by atoms with Gasteiger partial charge in [0.15, 0.2) is 0 Å². The maximum Gasteiger partial charge on any atom is 0.147 e. The number of thiazole rings is 1. The van der Waals surface area contributed by atoms with Crippen molar-refractivity contribution in [1.29, 1.82) is 0 Å². The molecule has 0 fully saturated rings.